The van der Waals surface area contributed by atoms with Crippen LogP contribution in [0, 0.1) is 6.92 Å². The van der Waals surface area contributed by atoms with Gasteiger partial charge >= 0.3 is 0 Å². The Morgan fingerprint density at radius 2 is 1.59 bits per heavy atom. The first kappa shape index (κ1) is 21.4. The van der Waals surface area contributed by atoms with Gasteiger partial charge in [0, 0.05) is 12.1 Å². The van der Waals surface area contributed by atoms with Crippen molar-refractivity contribution in [3.63, 3.8) is 0 Å². The molecule has 4 rings (SSSR count). The van der Waals surface area contributed by atoms with Crippen molar-refractivity contribution in [2.75, 3.05) is 13.7 Å². The third-order valence-electron chi connectivity index (χ3n) is 5.78. The number of Topliss-reactive ketones (excluding diaryl/α,β-unsaturated/α-hetero) is 1. The summed E-state index contributed by atoms with van der Waals surface area (Å²) in [6, 6.07) is 23.6. The normalized spacial score (nSPS) is 17.6. The quantitative estimate of drug-likeness (QED) is 0.353. The Balaban J connectivity index is 1.77. The van der Waals surface area contributed by atoms with E-state index in [2.05, 4.69) is 0 Å². The highest BCUT2D eigenvalue weighted by molar-refractivity contribution is 6.46. The van der Waals surface area contributed by atoms with E-state index in [1.54, 1.807) is 36.3 Å². The molecule has 162 valence electrons. The monoisotopic (exact) mass is 427 g/mol. The summed E-state index contributed by atoms with van der Waals surface area (Å²) < 4.78 is 5.25. The van der Waals surface area contributed by atoms with Gasteiger partial charge in [0.05, 0.1) is 18.7 Å². The van der Waals surface area contributed by atoms with E-state index in [1.807, 2.05) is 61.5 Å². The van der Waals surface area contributed by atoms with Crippen molar-refractivity contribution < 1.29 is 19.4 Å². The summed E-state index contributed by atoms with van der Waals surface area (Å²) in [7, 11) is 1.58. The maximum absolute atomic E-state index is 13.1. The van der Waals surface area contributed by atoms with Crippen molar-refractivity contribution in [2.45, 2.75) is 19.4 Å². The van der Waals surface area contributed by atoms with Crippen LogP contribution in [0.15, 0.2) is 84.4 Å². The summed E-state index contributed by atoms with van der Waals surface area (Å²) in [5.74, 6) is -0.757. The smallest absolute Gasteiger partial charge is 0.295 e. The number of aliphatic hydroxyl groups excluding tert-OH is 1. The van der Waals surface area contributed by atoms with Crippen LogP contribution < -0.4 is 4.74 Å². The summed E-state index contributed by atoms with van der Waals surface area (Å²) in [6.45, 7) is 2.31. The number of ether oxygens (including phenoxy) is 1. The zero-order valence-electron chi connectivity index (χ0n) is 18.1. The first-order valence-electron chi connectivity index (χ1n) is 10.5. The first-order chi connectivity index (χ1) is 15.5. The lowest BCUT2D eigenvalue weighted by atomic mass is 9.95. The molecule has 1 aliphatic heterocycles. The van der Waals surface area contributed by atoms with Crippen molar-refractivity contribution >= 4 is 17.4 Å². The Morgan fingerprint density at radius 1 is 0.938 bits per heavy atom. The molecule has 1 heterocycles. The number of aryl methyl sites for hydroxylation is 1. The molecule has 1 N–H and O–H groups in total. The maximum atomic E-state index is 13.1. The van der Waals surface area contributed by atoms with Gasteiger partial charge < -0.3 is 14.7 Å². The predicted octanol–water partition coefficient (Wildman–Crippen LogP) is 4.67. The van der Waals surface area contributed by atoms with Crippen LogP contribution >= 0.6 is 0 Å². The molecule has 0 aromatic heterocycles. The Bertz CT molecular complexity index is 1150. The molecule has 1 atom stereocenters. The third-order valence-corrected chi connectivity index (χ3v) is 5.78. The standard InChI is InChI=1S/C27H25NO4/c1-18-8-10-21(11-9-18)25(29)23-24(20-12-14-22(32-2)15-13-20)28(27(31)26(23)30)17-16-19-6-4-3-5-7-19/h3-15,24,29H,16-17H2,1-2H3/b25-23+. The van der Waals surface area contributed by atoms with Crippen molar-refractivity contribution in [3.8, 4) is 5.75 Å². The van der Waals surface area contributed by atoms with Crippen molar-refractivity contribution in [1.82, 2.24) is 4.90 Å². The van der Waals surface area contributed by atoms with Gasteiger partial charge in [0.2, 0.25) is 0 Å². The second kappa shape index (κ2) is 9.10. The van der Waals surface area contributed by atoms with Crippen molar-refractivity contribution in [2.24, 2.45) is 0 Å². The summed E-state index contributed by atoms with van der Waals surface area (Å²) in [5.41, 5.74) is 3.47. The molecule has 1 fully saturated rings. The SMILES string of the molecule is COc1ccc(C2/C(=C(\O)c3ccc(C)cc3)C(=O)C(=O)N2CCc2ccccc2)cc1. The molecule has 0 bridgehead atoms. The number of hydrogen-bond donors (Lipinski definition) is 1. The summed E-state index contributed by atoms with van der Waals surface area (Å²) in [5, 5.41) is 11.1. The Morgan fingerprint density at radius 3 is 2.22 bits per heavy atom. The van der Waals surface area contributed by atoms with Gasteiger partial charge in [-0.15, -0.1) is 0 Å². The average molecular weight is 428 g/mol. The van der Waals surface area contributed by atoms with E-state index in [9.17, 15) is 14.7 Å². The van der Waals surface area contributed by atoms with E-state index >= 15 is 0 Å². The van der Waals surface area contributed by atoms with Crippen LogP contribution in [0.1, 0.15) is 28.3 Å². The predicted molar refractivity (Wildman–Crippen MR) is 123 cm³/mol. The fourth-order valence-corrected chi connectivity index (χ4v) is 4.00. The number of aliphatic hydroxyl groups is 1. The maximum Gasteiger partial charge on any atom is 0.295 e. The highest BCUT2D eigenvalue weighted by Gasteiger charge is 2.45. The molecule has 0 spiro atoms. The molecule has 32 heavy (non-hydrogen) atoms. The minimum absolute atomic E-state index is 0.108. The minimum atomic E-state index is -0.675. The second-order valence-electron chi connectivity index (χ2n) is 7.87. The van der Waals surface area contributed by atoms with Crippen LogP contribution in [0.25, 0.3) is 5.76 Å². The van der Waals surface area contributed by atoms with Gasteiger partial charge in [-0.25, -0.2) is 0 Å². The molecule has 1 saturated heterocycles. The lowest BCUT2D eigenvalue weighted by molar-refractivity contribution is -0.139. The number of carbonyl (C=O) groups excluding carboxylic acids is 2. The molecule has 3 aromatic rings. The molecule has 1 amide bonds. The molecular weight excluding hydrogens is 402 g/mol. The number of likely N-dealkylation sites (tertiary alicyclic amines) is 1. The minimum Gasteiger partial charge on any atom is -0.507 e. The lowest BCUT2D eigenvalue weighted by Gasteiger charge is -2.25. The van der Waals surface area contributed by atoms with E-state index in [1.165, 1.54) is 0 Å². The van der Waals surface area contributed by atoms with Gasteiger partial charge in [0.15, 0.2) is 0 Å². The molecule has 5 nitrogen and oxygen atoms in total. The van der Waals surface area contributed by atoms with Gasteiger partial charge in [-0.2, -0.15) is 0 Å². The third kappa shape index (κ3) is 4.14. The molecule has 1 aliphatic rings. The second-order valence-corrected chi connectivity index (χ2v) is 7.87. The van der Waals surface area contributed by atoms with Crippen molar-refractivity contribution in [3.05, 3.63) is 107 Å². The van der Waals surface area contributed by atoms with E-state index in [4.69, 9.17) is 4.74 Å². The van der Waals surface area contributed by atoms with E-state index in [-0.39, 0.29) is 11.3 Å². The van der Waals surface area contributed by atoms with E-state index < -0.39 is 17.7 Å². The molecule has 0 saturated carbocycles. The van der Waals surface area contributed by atoms with Crippen LogP contribution in [0.4, 0.5) is 0 Å². The number of ketones is 1. The zero-order valence-corrected chi connectivity index (χ0v) is 18.1. The number of carbonyl (C=O) groups is 2. The molecule has 5 heteroatoms. The Hall–Kier alpha value is -3.86. The largest absolute Gasteiger partial charge is 0.507 e. The summed E-state index contributed by atoms with van der Waals surface area (Å²) >= 11 is 0. The van der Waals surface area contributed by atoms with Gasteiger partial charge in [-0.1, -0.05) is 72.3 Å². The fourth-order valence-electron chi connectivity index (χ4n) is 4.00. The number of amides is 1. The molecular formula is C27H25NO4. The summed E-state index contributed by atoms with van der Waals surface area (Å²) in [6.07, 6.45) is 0.602. The number of hydrogen-bond acceptors (Lipinski definition) is 4. The Kier molecular flexibility index (Phi) is 6.08. The lowest BCUT2D eigenvalue weighted by Crippen LogP contribution is -2.31. The van der Waals surface area contributed by atoms with Gasteiger partial charge in [-0.3, -0.25) is 9.59 Å². The fraction of sp³-hybridized carbons (Fsp3) is 0.185. The number of nitrogens with zero attached hydrogens (tertiary/aromatic N) is 1. The highest BCUT2D eigenvalue weighted by atomic mass is 16.5. The molecule has 3 aromatic carbocycles. The van der Waals surface area contributed by atoms with Gasteiger partial charge in [0.1, 0.15) is 11.5 Å². The molecule has 0 aliphatic carbocycles. The van der Waals surface area contributed by atoms with E-state index in [0.717, 1.165) is 16.7 Å². The van der Waals surface area contributed by atoms with Crippen molar-refractivity contribution in [1.29, 1.82) is 0 Å². The zero-order chi connectivity index (χ0) is 22.7. The van der Waals surface area contributed by atoms with Crippen LogP contribution in [0.2, 0.25) is 0 Å². The van der Waals surface area contributed by atoms with Crippen LogP contribution in [-0.2, 0) is 16.0 Å². The Labute approximate surface area is 187 Å². The van der Waals surface area contributed by atoms with Gasteiger partial charge in [0.25, 0.3) is 11.7 Å². The first-order valence-corrected chi connectivity index (χ1v) is 10.5. The van der Waals surface area contributed by atoms with Crippen LogP contribution in [0.5, 0.6) is 5.75 Å². The van der Waals surface area contributed by atoms with Crippen LogP contribution in [0.3, 0.4) is 0 Å². The van der Waals surface area contributed by atoms with E-state index in [0.29, 0.717) is 24.3 Å². The highest BCUT2D eigenvalue weighted by Crippen LogP contribution is 2.39. The topological polar surface area (TPSA) is 66.8 Å². The number of methoxy groups -OCH3 is 1. The van der Waals surface area contributed by atoms with Crippen LogP contribution in [-0.4, -0.2) is 35.4 Å². The average Bonchev–Trinajstić information content (AvgIpc) is 3.08. The number of benzene rings is 3. The molecule has 0 radical (unpaired) electrons. The van der Waals surface area contributed by atoms with Gasteiger partial charge in [-0.05, 0) is 36.6 Å². The molecule has 1 unspecified atom stereocenters. The summed E-state index contributed by atoms with van der Waals surface area (Å²) in [4.78, 5) is 27.7. The number of rotatable bonds is 6.